The third-order valence-electron chi connectivity index (χ3n) is 2.45. The Morgan fingerprint density at radius 1 is 1.45 bits per heavy atom. The summed E-state index contributed by atoms with van der Waals surface area (Å²) in [5, 5.41) is 15.7. The molecule has 0 aromatic carbocycles. The van der Waals surface area contributed by atoms with Gasteiger partial charge in [-0.2, -0.15) is 5.10 Å². The first-order chi connectivity index (χ1) is 9.08. The minimum atomic E-state index is -1.14. The molecular weight excluding hydrogens is 262 g/mol. The van der Waals surface area contributed by atoms with E-state index in [1.54, 1.807) is 25.5 Å². The molecule has 0 radical (unpaired) electrons. The number of amides is 1. The molecular formula is C13H21N3O4. The molecule has 0 aliphatic heterocycles. The van der Waals surface area contributed by atoms with Gasteiger partial charge in [-0.25, -0.2) is 9.59 Å². The van der Waals surface area contributed by atoms with Gasteiger partial charge in [0.1, 0.15) is 11.6 Å². The summed E-state index contributed by atoms with van der Waals surface area (Å²) in [6, 6.07) is 0.745. The quantitative estimate of drug-likeness (QED) is 0.873. The van der Waals surface area contributed by atoms with Gasteiger partial charge in [-0.15, -0.1) is 0 Å². The summed E-state index contributed by atoms with van der Waals surface area (Å²) in [6.07, 6.45) is -0.758. The maximum absolute atomic E-state index is 11.6. The summed E-state index contributed by atoms with van der Waals surface area (Å²) in [5.74, 6) is -1.14. The molecule has 1 heterocycles. The molecule has 1 rings (SSSR count). The maximum atomic E-state index is 11.6. The van der Waals surface area contributed by atoms with E-state index < -0.39 is 23.7 Å². The summed E-state index contributed by atoms with van der Waals surface area (Å²) >= 11 is 0. The fourth-order valence-electron chi connectivity index (χ4n) is 1.67. The van der Waals surface area contributed by atoms with E-state index in [1.165, 1.54) is 0 Å². The zero-order chi connectivity index (χ0) is 15.5. The van der Waals surface area contributed by atoms with Crippen molar-refractivity contribution in [3.05, 3.63) is 17.5 Å². The molecule has 7 heteroatoms. The zero-order valence-corrected chi connectivity index (χ0v) is 12.4. The molecule has 0 fully saturated rings. The lowest BCUT2D eigenvalue weighted by Crippen LogP contribution is -2.46. The predicted octanol–water partition coefficient (Wildman–Crippen LogP) is 1.48. The topological polar surface area (TPSA) is 93.5 Å². The van der Waals surface area contributed by atoms with Gasteiger partial charge in [-0.1, -0.05) is 0 Å². The van der Waals surface area contributed by atoms with Crippen LogP contribution in [0.1, 0.15) is 32.2 Å². The molecule has 0 saturated heterocycles. The minimum absolute atomic E-state index is 0.0499. The fourth-order valence-corrected chi connectivity index (χ4v) is 1.67. The highest BCUT2D eigenvalue weighted by Gasteiger charge is 2.25. The van der Waals surface area contributed by atoms with Crippen molar-refractivity contribution in [2.75, 3.05) is 0 Å². The lowest BCUT2D eigenvalue weighted by Gasteiger charge is -2.22. The van der Waals surface area contributed by atoms with E-state index in [1.807, 2.05) is 19.9 Å². The third kappa shape index (κ3) is 4.91. The average molecular weight is 283 g/mol. The number of carboxylic acid groups (broad SMARTS) is 1. The number of rotatable bonds is 4. The van der Waals surface area contributed by atoms with E-state index in [4.69, 9.17) is 9.84 Å². The van der Waals surface area contributed by atoms with Crippen molar-refractivity contribution in [1.82, 2.24) is 15.1 Å². The minimum Gasteiger partial charge on any atom is -0.480 e. The first-order valence-corrected chi connectivity index (χ1v) is 6.32. The van der Waals surface area contributed by atoms with E-state index in [2.05, 4.69) is 10.4 Å². The van der Waals surface area contributed by atoms with Crippen molar-refractivity contribution in [2.24, 2.45) is 0 Å². The van der Waals surface area contributed by atoms with Gasteiger partial charge in [0.25, 0.3) is 0 Å². The second-order valence-corrected chi connectivity index (χ2v) is 5.65. The molecule has 1 atom stereocenters. The number of carbonyl (C=O) groups is 2. The van der Waals surface area contributed by atoms with E-state index in [-0.39, 0.29) is 6.54 Å². The highest BCUT2D eigenvalue weighted by atomic mass is 16.6. The maximum Gasteiger partial charge on any atom is 0.408 e. The van der Waals surface area contributed by atoms with Crippen LogP contribution in [0.15, 0.2) is 6.07 Å². The molecule has 0 aliphatic rings. The molecule has 0 bridgehead atoms. The predicted molar refractivity (Wildman–Crippen MR) is 72.5 cm³/mol. The number of ether oxygens (including phenoxy) is 1. The number of carboxylic acids is 1. The molecule has 112 valence electrons. The van der Waals surface area contributed by atoms with Crippen molar-refractivity contribution in [3.63, 3.8) is 0 Å². The van der Waals surface area contributed by atoms with Crippen molar-refractivity contribution < 1.29 is 19.4 Å². The second kappa shape index (κ2) is 5.94. The third-order valence-corrected chi connectivity index (χ3v) is 2.45. The Hall–Kier alpha value is -2.05. The normalized spacial score (nSPS) is 12.8. The number of hydrogen-bond donors (Lipinski definition) is 2. The molecule has 1 aromatic rings. The van der Waals surface area contributed by atoms with Crippen LogP contribution < -0.4 is 5.32 Å². The standard InChI is InChI=1S/C13H21N3O4/c1-8-6-9(2)16(15-8)7-10(11(17)18)14-12(19)20-13(3,4)5/h6,10H,7H2,1-5H3,(H,14,19)(H,17,18). The molecule has 2 N–H and O–H groups in total. The summed E-state index contributed by atoms with van der Waals surface area (Å²) in [7, 11) is 0. The van der Waals surface area contributed by atoms with Crippen LogP contribution in [0.2, 0.25) is 0 Å². The SMILES string of the molecule is Cc1cc(C)n(CC(NC(=O)OC(C)(C)C)C(=O)O)n1. The first kappa shape index (κ1) is 16.0. The number of nitrogens with one attached hydrogen (secondary N) is 1. The molecule has 0 aliphatic carbocycles. The average Bonchev–Trinajstić information content (AvgIpc) is 2.53. The molecule has 0 spiro atoms. The highest BCUT2D eigenvalue weighted by Crippen LogP contribution is 2.08. The van der Waals surface area contributed by atoms with Gasteiger partial charge in [-0.3, -0.25) is 4.68 Å². The van der Waals surface area contributed by atoms with Crippen LogP contribution in [-0.2, 0) is 16.1 Å². The number of aliphatic carboxylic acids is 1. The second-order valence-electron chi connectivity index (χ2n) is 5.65. The van der Waals surface area contributed by atoms with Gasteiger partial charge < -0.3 is 15.2 Å². The van der Waals surface area contributed by atoms with E-state index >= 15 is 0 Å². The first-order valence-electron chi connectivity index (χ1n) is 6.32. The Labute approximate surface area is 117 Å². The zero-order valence-electron chi connectivity index (χ0n) is 12.4. The van der Waals surface area contributed by atoms with Gasteiger partial charge in [0.15, 0.2) is 0 Å². The van der Waals surface area contributed by atoms with Crippen molar-refractivity contribution in [1.29, 1.82) is 0 Å². The van der Waals surface area contributed by atoms with Crippen LogP contribution in [-0.4, -0.2) is 38.6 Å². The van der Waals surface area contributed by atoms with Gasteiger partial charge in [0, 0.05) is 5.69 Å². The van der Waals surface area contributed by atoms with Crippen molar-refractivity contribution in [2.45, 2.75) is 52.8 Å². The van der Waals surface area contributed by atoms with Crippen LogP contribution in [0.5, 0.6) is 0 Å². The van der Waals surface area contributed by atoms with Gasteiger partial charge in [0.2, 0.25) is 0 Å². The summed E-state index contributed by atoms with van der Waals surface area (Å²) in [4.78, 5) is 22.8. The molecule has 1 aromatic heterocycles. The molecule has 1 unspecified atom stereocenters. The number of hydrogen-bond acceptors (Lipinski definition) is 4. The van der Waals surface area contributed by atoms with E-state index in [0.29, 0.717) is 0 Å². The van der Waals surface area contributed by atoms with Crippen LogP contribution in [0.3, 0.4) is 0 Å². The van der Waals surface area contributed by atoms with Crippen LogP contribution >= 0.6 is 0 Å². The Balaban J connectivity index is 2.73. The number of carbonyl (C=O) groups excluding carboxylic acids is 1. The van der Waals surface area contributed by atoms with Crippen LogP contribution in [0.25, 0.3) is 0 Å². The van der Waals surface area contributed by atoms with Gasteiger partial charge in [0.05, 0.1) is 12.2 Å². The van der Waals surface area contributed by atoms with Crippen molar-refractivity contribution in [3.8, 4) is 0 Å². The Bertz CT molecular complexity index is 502. The Morgan fingerprint density at radius 3 is 2.45 bits per heavy atom. The number of aromatic nitrogens is 2. The lowest BCUT2D eigenvalue weighted by molar-refractivity contribution is -0.139. The molecule has 7 nitrogen and oxygen atoms in total. The fraction of sp³-hybridized carbons (Fsp3) is 0.615. The largest absolute Gasteiger partial charge is 0.480 e. The number of alkyl carbamates (subject to hydrolysis) is 1. The van der Waals surface area contributed by atoms with Gasteiger partial charge in [-0.05, 0) is 40.7 Å². The van der Waals surface area contributed by atoms with Crippen LogP contribution in [0, 0.1) is 13.8 Å². The summed E-state index contributed by atoms with van der Waals surface area (Å²) < 4.78 is 6.60. The smallest absolute Gasteiger partial charge is 0.408 e. The molecule has 1 amide bonds. The highest BCUT2D eigenvalue weighted by molar-refractivity contribution is 5.79. The van der Waals surface area contributed by atoms with Crippen LogP contribution in [0.4, 0.5) is 4.79 Å². The van der Waals surface area contributed by atoms with Crippen molar-refractivity contribution >= 4 is 12.1 Å². The monoisotopic (exact) mass is 283 g/mol. The van der Waals surface area contributed by atoms with E-state index in [9.17, 15) is 9.59 Å². The number of aryl methyl sites for hydroxylation is 2. The summed E-state index contributed by atoms with van der Waals surface area (Å²) in [5.41, 5.74) is 0.953. The molecule has 20 heavy (non-hydrogen) atoms. The lowest BCUT2D eigenvalue weighted by atomic mass is 10.2. The Kier molecular flexibility index (Phi) is 4.75. The summed E-state index contributed by atoms with van der Waals surface area (Å²) in [6.45, 7) is 8.83. The van der Waals surface area contributed by atoms with Gasteiger partial charge >= 0.3 is 12.1 Å². The Morgan fingerprint density at radius 2 is 2.05 bits per heavy atom. The number of nitrogens with zero attached hydrogens (tertiary/aromatic N) is 2. The molecule has 0 saturated carbocycles. The van der Waals surface area contributed by atoms with E-state index in [0.717, 1.165) is 11.4 Å².